The maximum atomic E-state index is 12.9. The summed E-state index contributed by atoms with van der Waals surface area (Å²) in [4.78, 5) is 19.9. The van der Waals surface area contributed by atoms with Crippen molar-refractivity contribution in [1.29, 1.82) is 0 Å². The average molecular weight is 436 g/mol. The van der Waals surface area contributed by atoms with Crippen molar-refractivity contribution >= 4 is 32.9 Å². The fourth-order valence-corrected chi connectivity index (χ4v) is 5.10. The van der Waals surface area contributed by atoms with Gasteiger partial charge in [0.2, 0.25) is 21.9 Å². The van der Waals surface area contributed by atoms with E-state index in [0.717, 1.165) is 37.2 Å². The van der Waals surface area contributed by atoms with Gasteiger partial charge >= 0.3 is 0 Å². The molecular formula is C21H33N5O3S. The first-order valence-corrected chi connectivity index (χ1v) is 12.5. The van der Waals surface area contributed by atoms with E-state index in [2.05, 4.69) is 33.6 Å². The summed E-state index contributed by atoms with van der Waals surface area (Å²) in [7, 11) is -3.19. The van der Waals surface area contributed by atoms with Crippen LogP contribution in [0.2, 0.25) is 0 Å². The van der Waals surface area contributed by atoms with E-state index < -0.39 is 10.0 Å². The number of benzene rings is 1. The van der Waals surface area contributed by atoms with Gasteiger partial charge in [-0.3, -0.25) is 10.1 Å². The zero-order chi connectivity index (χ0) is 21.7. The van der Waals surface area contributed by atoms with Crippen LogP contribution in [0.25, 0.3) is 11.0 Å². The summed E-state index contributed by atoms with van der Waals surface area (Å²) < 4.78 is 27.7. The Morgan fingerprint density at radius 3 is 2.47 bits per heavy atom. The van der Waals surface area contributed by atoms with Crippen molar-refractivity contribution in [2.24, 2.45) is 5.92 Å². The fraction of sp³-hybridized carbons (Fsp3) is 0.619. The van der Waals surface area contributed by atoms with E-state index in [9.17, 15) is 13.2 Å². The van der Waals surface area contributed by atoms with Crippen LogP contribution >= 0.6 is 0 Å². The van der Waals surface area contributed by atoms with Gasteiger partial charge in [-0.15, -0.1) is 0 Å². The Balaban J connectivity index is 1.72. The van der Waals surface area contributed by atoms with E-state index in [0.29, 0.717) is 31.9 Å². The highest BCUT2D eigenvalue weighted by Gasteiger charge is 2.30. The maximum absolute atomic E-state index is 12.9. The summed E-state index contributed by atoms with van der Waals surface area (Å²) in [6.45, 7) is 10.3. The van der Waals surface area contributed by atoms with E-state index in [1.165, 1.54) is 4.31 Å². The molecule has 3 rings (SSSR count). The van der Waals surface area contributed by atoms with Crippen molar-refractivity contribution in [1.82, 2.24) is 18.8 Å². The summed E-state index contributed by atoms with van der Waals surface area (Å²) in [6, 6.07) is 7.90. The van der Waals surface area contributed by atoms with Gasteiger partial charge in [0.1, 0.15) is 0 Å². The molecule has 0 bridgehead atoms. The van der Waals surface area contributed by atoms with Gasteiger partial charge in [0.15, 0.2) is 0 Å². The van der Waals surface area contributed by atoms with Gasteiger partial charge in [0, 0.05) is 32.1 Å². The molecule has 0 radical (unpaired) electrons. The van der Waals surface area contributed by atoms with Crippen molar-refractivity contribution < 1.29 is 13.2 Å². The molecule has 1 saturated heterocycles. The second-order valence-electron chi connectivity index (χ2n) is 7.67. The zero-order valence-corrected chi connectivity index (χ0v) is 19.0. The third kappa shape index (κ3) is 5.01. The Morgan fingerprint density at radius 2 is 1.83 bits per heavy atom. The molecule has 0 unspecified atom stereocenters. The molecule has 1 fully saturated rings. The molecule has 1 aromatic carbocycles. The number of hydrogen-bond acceptors (Lipinski definition) is 5. The van der Waals surface area contributed by atoms with Gasteiger partial charge in [-0.2, -0.15) is 0 Å². The second kappa shape index (κ2) is 9.89. The number of imidazole rings is 1. The molecule has 1 aromatic heterocycles. The Bertz CT molecular complexity index is 960. The van der Waals surface area contributed by atoms with Crippen LogP contribution in [0.5, 0.6) is 0 Å². The number of hydrogen-bond donors (Lipinski definition) is 1. The number of nitrogens with one attached hydrogen (secondary N) is 1. The first kappa shape index (κ1) is 22.7. The quantitative estimate of drug-likeness (QED) is 0.653. The highest BCUT2D eigenvalue weighted by molar-refractivity contribution is 7.89. The van der Waals surface area contributed by atoms with Gasteiger partial charge in [0.05, 0.1) is 16.8 Å². The maximum Gasteiger partial charge on any atom is 0.229 e. The van der Waals surface area contributed by atoms with Crippen LogP contribution in [0, 0.1) is 5.92 Å². The molecule has 2 aromatic rings. The van der Waals surface area contributed by atoms with Crippen molar-refractivity contribution in [3.05, 3.63) is 24.3 Å². The molecule has 2 heterocycles. The molecule has 0 aliphatic carbocycles. The highest BCUT2D eigenvalue weighted by atomic mass is 32.2. The summed E-state index contributed by atoms with van der Waals surface area (Å²) in [6.07, 6.45) is 1.06. The summed E-state index contributed by atoms with van der Waals surface area (Å²) in [5, 5.41) is 3.02. The summed E-state index contributed by atoms with van der Waals surface area (Å²) in [5.41, 5.74) is 1.86. The Hall–Kier alpha value is -1.97. The first-order chi connectivity index (χ1) is 14.4. The molecule has 1 amide bonds. The smallest absolute Gasteiger partial charge is 0.229 e. The monoisotopic (exact) mass is 435 g/mol. The Labute approximate surface area is 179 Å². The number of amides is 1. The molecule has 1 aliphatic heterocycles. The second-order valence-corrected chi connectivity index (χ2v) is 9.92. The molecule has 9 heteroatoms. The normalized spacial score (nSPS) is 16.4. The van der Waals surface area contributed by atoms with Crippen LogP contribution in [-0.4, -0.2) is 71.6 Å². The van der Waals surface area contributed by atoms with E-state index in [4.69, 9.17) is 0 Å². The van der Waals surface area contributed by atoms with Crippen LogP contribution in [-0.2, 0) is 21.4 Å². The lowest BCUT2D eigenvalue weighted by Gasteiger charge is -2.30. The molecule has 8 nitrogen and oxygen atoms in total. The third-order valence-corrected chi connectivity index (χ3v) is 7.89. The topological polar surface area (TPSA) is 87.5 Å². The molecule has 0 spiro atoms. The number of carbonyl (C=O) groups excluding carboxylic acids is 1. The lowest BCUT2D eigenvalue weighted by atomic mass is 9.97. The number of rotatable bonds is 9. The highest BCUT2D eigenvalue weighted by Crippen LogP contribution is 2.24. The number of aromatic nitrogens is 2. The standard InChI is InChI=1S/C21H33N5O3S/c1-4-24(5-2)15-16-26-19-10-8-7-9-18(19)22-21(26)23-20(27)17-11-13-25(14-12-17)30(28,29)6-3/h7-10,17H,4-6,11-16H2,1-3H3,(H,22,23,27). The Morgan fingerprint density at radius 1 is 1.17 bits per heavy atom. The largest absolute Gasteiger partial charge is 0.309 e. The first-order valence-electron chi connectivity index (χ1n) is 10.9. The molecule has 30 heavy (non-hydrogen) atoms. The number of para-hydroxylation sites is 2. The van der Waals surface area contributed by atoms with Crippen molar-refractivity contribution in [3.8, 4) is 0 Å². The Kier molecular flexibility index (Phi) is 7.49. The van der Waals surface area contributed by atoms with Crippen LogP contribution in [0.1, 0.15) is 33.6 Å². The van der Waals surface area contributed by atoms with E-state index >= 15 is 0 Å². The lowest BCUT2D eigenvalue weighted by Crippen LogP contribution is -2.42. The number of fused-ring (bicyclic) bond motifs is 1. The lowest BCUT2D eigenvalue weighted by molar-refractivity contribution is -0.121. The predicted octanol–water partition coefficient (Wildman–Crippen LogP) is 2.38. The SMILES string of the molecule is CCN(CC)CCn1c(NC(=O)C2CCN(S(=O)(=O)CC)CC2)nc2ccccc21. The molecule has 1 aliphatic rings. The number of anilines is 1. The molecule has 166 valence electrons. The zero-order valence-electron chi connectivity index (χ0n) is 18.2. The van der Waals surface area contributed by atoms with Crippen molar-refractivity contribution in [2.75, 3.05) is 43.8 Å². The van der Waals surface area contributed by atoms with Gasteiger partial charge in [-0.25, -0.2) is 17.7 Å². The van der Waals surface area contributed by atoms with Crippen LogP contribution in [0.15, 0.2) is 24.3 Å². The van der Waals surface area contributed by atoms with Crippen molar-refractivity contribution in [3.63, 3.8) is 0 Å². The summed E-state index contributed by atoms with van der Waals surface area (Å²) in [5.74, 6) is 0.379. The predicted molar refractivity (Wildman–Crippen MR) is 120 cm³/mol. The van der Waals surface area contributed by atoms with Gasteiger partial charge in [-0.05, 0) is 45.0 Å². The number of carbonyl (C=O) groups is 1. The number of sulfonamides is 1. The summed E-state index contributed by atoms with van der Waals surface area (Å²) >= 11 is 0. The third-order valence-electron chi connectivity index (χ3n) is 6.01. The van der Waals surface area contributed by atoms with Crippen LogP contribution in [0.3, 0.4) is 0 Å². The molecule has 0 saturated carbocycles. The van der Waals surface area contributed by atoms with E-state index in [-0.39, 0.29) is 17.6 Å². The minimum absolute atomic E-state index is 0.0806. The average Bonchev–Trinajstić information content (AvgIpc) is 3.11. The van der Waals surface area contributed by atoms with Crippen LogP contribution < -0.4 is 5.32 Å². The molecule has 0 atom stereocenters. The van der Waals surface area contributed by atoms with Crippen molar-refractivity contribution in [2.45, 2.75) is 40.2 Å². The van der Waals surface area contributed by atoms with Gasteiger partial charge in [-0.1, -0.05) is 26.0 Å². The van der Waals surface area contributed by atoms with E-state index in [1.807, 2.05) is 24.3 Å². The van der Waals surface area contributed by atoms with E-state index in [1.54, 1.807) is 6.92 Å². The molecule has 1 N–H and O–H groups in total. The fourth-order valence-electron chi connectivity index (χ4n) is 3.97. The van der Waals surface area contributed by atoms with Gasteiger partial charge in [0.25, 0.3) is 0 Å². The number of piperidine rings is 1. The number of nitrogens with zero attached hydrogens (tertiary/aromatic N) is 4. The van der Waals surface area contributed by atoms with Gasteiger partial charge < -0.3 is 9.47 Å². The minimum atomic E-state index is -3.19. The van der Waals surface area contributed by atoms with Crippen LogP contribution in [0.4, 0.5) is 5.95 Å². The molecular weight excluding hydrogens is 402 g/mol. The minimum Gasteiger partial charge on any atom is -0.309 e. The number of likely N-dealkylation sites (N-methyl/N-ethyl adjacent to an activating group) is 1.